The fourth-order valence-corrected chi connectivity index (χ4v) is 4.08. The van der Waals surface area contributed by atoms with Crippen molar-refractivity contribution in [1.29, 1.82) is 0 Å². The third kappa shape index (κ3) is 2.52. The fraction of sp³-hybridized carbons (Fsp3) is 0.600. The summed E-state index contributed by atoms with van der Waals surface area (Å²) in [6, 6.07) is 0.441. The predicted molar refractivity (Wildman–Crippen MR) is 83.0 cm³/mol. The van der Waals surface area contributed by atoms with Crippen molar-refractivity contribution in [2.24, 2.45) is 0 Å². The molecule has 2 heterocycles. The van der Waals surface area contributed by atoms with Gasteiger partial charge in [0.1, 0.15) is 5.01 Å². The van der Waals surface area contributed by atoms with E-state index in [0.29, 0.717) is 6.04 Å². The molecular formula is C15H22N4S. The number of rotatable bonds is 5. The lowest BCUT2D eigenvalue weighted by Gasteiger charge is -2.21. The zero-order valence-corrected chi connectivity index (χ0v) is 13.0. The van der Waals surface area contributed by atoms with Gasteiger partial charge in [-0.2, -0.15) is 0 Å². The van der Waals surface area contributed by atoms with Gasteiger partial charge < -0.3 is 9.88 Å². The van der Waals surface area contributed by atoms with Crippen LogP contribution in [0.3, 0.4) is 0 Å². The van der Waals surface area contributed by atoms with Gasteiger partial charge in [-0.25, -0.2) is 9.97 Å². The van der Waals surface area contributed by atoms with Crippen LogP contribution in [0.1, 0.15) is 49.7 Å². The first-order valence-electron chi connectivity index (χ1n) is 7.57. The van der Waals surface area contributed by atoms with Crippen molar-refractivity contribution >= 4 is 11.3 Å². The minimum absolute atomic E-state index is 0.441. The predicted octanol–water partition coefficient (Wildman–Crippen LogP) is 3.40. The molecule has 0 aromatic carbocycles. The lowest BCUT2D eigenvalue weighted by molar-refractivity contribution is 0.465. The van der Waals surface area contributed by atoms with Crippen LogP contribution >= 0.6 is 11.3 Å². The van der Waals surface area contributed by atoms with Crippen molar-refractivity contribution in [1.82, 2.24) is 19.9 Å². The van der Waals surface area contributed by atoms with E-state index >= 15 is 0 Å². The molecule has 20 heavy (non-hydrogen) atoms. The van der Waals surface area contributed by atoms with Gasteiger partial charge >= 0.3 is 0 Å². The summed E-state index contributed by atoms with van der Waals surface area (Å²) in [5, 5.41) is 4.69. The third-order valence-electron chi connectivity index (χ3n) is 3.80. The second-order valence-corrected chi connectivity index (χ2v) is 6.39. The lowest BCUT2D eigenvalue weighted by atomic mass is 9.98. The Hall–Kier alpha value is -1.20. The monoisotopic (exact) mass is 290 g/mol. The number of hydrogen-bond donors (Lipinski definition) is 1. The Morgan fingerprint density at radius 2 is 2.35 bits per heavy atom. The molecule has 0 spiro atoms. The topological polar surface area (TPSA) is 42.7 Å². The van der Waals surface area contributed by atoms with Crippen LogP contribution in [-0.2, 0) is 13.0 Å². The molecule has 0 bridgehead atoms. The summed E-state index contributed by atoms with van der Waals surface area (Å²) in [5.74, 6) is 0. The molecule has 0 saturated carbocycles. The zero-order chi connectivity index (χ0) is 13.9. The highest BCUT2D eigenvalue weighted by Crippen LogP contribution is 2.37. The number of hydrogen-bond acceptors (Lipinski definition) is 4. The highest BCUT2D eigenvalue weighted by Gasteiger charge is 2.25. The molecule has 0 saturated heterocycles. The first-order chi connectivity index (χ1) is 9.83. The largest absolute Gasteiger partial charge is 0.329 e. The molecule has 108 valence electrons. The highest BCUT2D eigenvalue weighted by molar-refractivity contribution is 7.15. The van der Waals surface area contributed by atoms with Gasteiger partial charge in [-0.05, 0) is 32.2 Å². The molecule has 0 radical (unpaired) electrons. The maximum Gasteiger partial charge on any atom is 0.142 e. The molecule has 5 heteroatoms. The lowest BCUT2D eigenvalue weighted by Crippen LogP contribution is -2.24. The molecule has 0 amide bonds. The molecule has 4 nitrogen and oxygen atoms in total. The van der Waals surface area contributed by atoms with Gasteiger partial charge in [0.2, 0.25) is 0 Å². The number of aryl methyl sites for hydroxylation is 2. The van der Waals surface area contributed by atoms with Crippen molar-refractivity contribution < 1.29 is 0 Å². The molecule has 2 aromatic heterocycles. The summed E-state index contributed by atoms with van der Waals surface area (Å²) >= 11 is 1.85. The van der Waals surface area contributed by atoms with Crippen LogP contribution in [0, 0.1) is 0 Å². The quantitative estimate of drug-likeness (QED) is 0.917. The van der Waals surface area contributed by atoms with Crippen LogP contribution in [-0.4, -0.2) is 21.1 Å². The Bertz CT molecular complexity index is 572. The zero-order valence-electron chi connectivity index (χ0n) is 12.2. The van der Waals surface area contributed by atoms with E-state index in [2.05, 4.69) is 28.7 Å². The van der Waals surface area contributed by atoms with Gasteiger partial charge in [0.05, 0.1) is 30.0 Å². The maximum atomic E-state index is 4.93. The molecule has 1 aliphatic rings. The maximum absolute atomic E-state index is 4.93. The average molecular weight is 290 g/mol. The molecule has 1 unspecified atom stereocenters. The molecule has 1 N–H and O–H groups in total. The molecule has 1 aliphatic carbocycles. The van der Waals surface area contributed by atoms with E-state index in [1.807, 2.05) is 23.9 Å². The smallest absolute Gasteiger partial charge is 0.142 e. The Kier molecular flexibility index (Phi) is 4.17. The number of nitrogens with one attached hydrogen (secondary N) is 1. The van der Waals surface area contributed by atoms with E-state index in [1.165, 1.54) is 35.5 Å². The van der Waals surface area contributed by atoms with E-state index in [1.54, 1.807) is 0 Å². The van der Waals surface area contributed by atoms with Gasteiger partial charge in [0.15, 0.2) is 0 Å². The molecule has 0 aliphatic heterocycles. The number of imidazole rings is 1. The van der Waals surface area contributed by atoms with Crippen molar-refractivity contribution in [3.63, 3.8) is 0 Å². The van der Waals surface area contributed by atoms with Crippen LogP contribution in [0.25, 0.3) is 10.7 Å². The highest BCUT2D eigenvalue weighted by atomic mass is 32.1. The number of thiazole rings is 1. The van der Waals surface area contributed by atoms with Crippen molar-refractivity contribution in [3.05, 3.63) is 23.1 Å². The molecular weight excluding hydrogens is 268 g/mol. The Balaban J connectivity index is 1.94. The normalized spacial score (nSPS) is 18.2. The van der Waals surface area contributed by atoms with Crippen LogP contribution < -0.4 is 5.32 Å². The average Bonchev–Trinajstić information content (AvgIpc) is 3.05. The minimum atomic E-state index is 0.441. The van der Waals surface area contributed by atoms with Gasteiger partial charge in [0.25, 0.3) is 0 Å². The van der Waals surface area contributed by atoms with Gasteiger partial charge in [-0.3, -0.25) is 0 Å². The van der Waals surface area contributed by atoms with Crippen molar-refractivity contribution in [2.75, 3.05) is 6.54 Å². The first kappa shape index (κ1) is 13.8. The summed E-state index contributed by atoms with van der Waals surface area (Å²) in [6.45, 7) is 6.37. The first-order valence-corrected chi connectivity index (χ1v) is 8.38. The van der Waals surface area contributed by atoms with Crippen LogP contribution in [0.2, 0.25) is 0 Å². The van der Waals surface area contributed by atoms with Gasteiger partial charge in [-0.1, -0.05) is 13.8 Å². The minimum Gasteiger partial charge on any atom is -0.329 e. The van der Waals surface area contributed by atoms with Gasteiger partial charge in [-0.15, -0.1) is 11.3 Å². The fourth-order valence-electron chi connectivity index (χ4n) is 2.89. The molecule has 0 fully saturated rings. The van der Waals surface area contributed by atoms with Crippen LogP contribution in [0.5, 0.6) is 0 Å². The molecule has 1 atom stereocenters. The second-order valence-electron chi connectivity index (χ2n) is 5.30. The number of aromatic nitrogens is 3. The van der Waals surface area contributed by atoms with Crippen molar-refractivity contribution in [2.45, 2.75) is 52.1 Å². The summed E-state index contributed by atoms with van der Waals surface area (Å²) in [4.78, 5) is 10.7. The standard InChI is InChI=1S/C15H22N4S/c1-3-8-19-10-16-9-12(19)15-18-14-11(17-4-2)6-5-7-13(14)20-15/h9-11,17H,3-8H2,1-2H3. The third-order valence-corrected chi connectivity index (χ3v) is 4.95. The Morgan fingerprint density at radius 3 is 3.15 bits per heavy atom. The van der Waals surface area contributed by atoms with Crippen molar-refractivity contribution in [3.8, 4) is 10.7 Å². The second kappa shape index (κ2) is 6.06. The molecule has 2 aromatic rings. The van der Waals surface area contributed by atoms with E-state index < -0.39 is 0 Å². The Labute approximate surface area is 124 Å². The summed E-state index contributed by atoms with van der Waals surface area (Å²) < 4.78 is 2.21. The SMILES string of the molecule is CCCn1cncc1-c1nc2c(s1)CCCC2NCC. The van der Waals surface area contributed by atoms with E-state index in [4.69, 9.17) is 4.98 Å². The number of fused-ring (bicyclic) bond motifs is 1. The van der Waals surface area contributed by atoms with E-state index in [0.717, 1.165) is 24.5 Å². The summed E-state index contributed by atoms with van der Waals surface area (Å²) in [7, 11) is 0. The Morgan fingerprint density at radius 1 is 1.45 bits per heavy atom. The van der Waals surface area contributed by atoms with E-state index in [-0.39, 0.29) is 0 Å². The number of nitrogens with zero attached hydrogens (tertiary/aromatic N) is 3. The molecule has 3 rings (SSSR count). The summed E-state index contributed by atoms with van der Waals surface area (Å²) in [6.07, 6.45) is 8.63. The van der Waals surface area contributed by atoms with Crippen LogP contribution in [0.15, 0.2) is 12.5 Å². The van der Waals surface area contributed by atoms with Gasteiger partial charge in [0, 0.05) is 11.4 Å². The van der Waals surface area contributed by atoms with Crippen LogP contribution in [0.4, 0.5) is 0 Å². The summed E-state index contributed by atoms with van der Waals surface area (Å²) in [5.41, 5.74) is 2.45. The van der Waals surface area contributed by atoms with E-state index in [9.17, 15) is 0 Å².